The zero-order valence-electron chi connectivity index (χ0n) is 9.49. The Balaban J connectivity index is 2.46. The number of nitrogens with zero attached hydrogens (tertiary/aromatic N) is 3. The second-order valence-electron chi connectivity index (χ2n) is 4.24. The molecule has 0 radical (unpaired) electrons. The first-order valence-corrected chi connectivity index (χ1v) is 5.20. The molecule has 1 aromatic rings. The number of rotatable bonds is 5. The summed E-state index contributed by atoms with van der Waals surface area (Å²) in [6, 6.07) is 0.383. The first-order valence-electron chi connectivity index (χ1n) is 5.20. The summed E-state index contributed by atoms with van der Waals surface area (Å²) in [5, 5.41) is 7.54. The van der Waals surface area contributed by atoms with Gasteiger partial charge in [0.2, 0.25) is 0 Å². The van der Waals surface area contributed by atoms with Gasteiger partial charge in [0, 0.05) is 6.04 Å². The number of hydrogen-bond acceptors (Lipinski definition) is 3. The van der Waals surface area contributed by atoms with Crippen molar-refractivity contribution in [1.29, 1.82) is 0 Å². The monoisotopic (exact) mass is 196 g/mol. The lowest BCUT2D eigenvalue weighted by Gasteiger charge is -2.10. The fourth-order valence-corrected chi connectivity index (χ4v) is 1.30. The van der Waals surface area contributed by atoms with Crippen molar-refractivity contribution in [2.24, 2.45) is 5.92 Å². The standard InChI is InChI=1S/C10H20N4/c1-8(2)5-11-6-10-12-7-13-14(10)9(3)4/h7-9,11H,5-6H2,1-4H3. The van der Waals surface area contributed by atoms with E-state index >= 15 is 0 Å². The van der Waals surface area contributed by atoms with Gasteiger partial charge in [0.25, 0.3) is 0 Å². The first-order chi connectivity index (χ1) is 6.61. The lowest BCUT2D eigenvalue weighted by Crippen LogP contribution is -2.22. The minimum atomic E-state index is 0.383. The largest absolute Gasteiger partial charge is 0.310 e. The zero-order valence-corrected chi connectivity index (χ0v) is 9.49. The summed E-state index contributed by atoms with van der Waals surface area (Å²) in [6.45, 7) is 10.4. The van der Waals surface area contributed by atoms with E-state index < -0.39 is 0 Å². The number of nitrogens with one attached hydrogen (secondary N) is 1. The van der Waals surface area contributed by atoms with Gasteiger partial charge in [0.15, 0.2) is 0 Å². The molecular weight excluding hydrogens is 176 g/mol. The second kappa shape index (κ2) is 5.10. The molecule has 0 unspecified atom stereocenters. The Morgan fingerprint density at radius 3 is 2.64 bits per heavy atom. The van der Waals surface area contributed by atoms with E-state index in [-0.39, 0.29) is 0 Å². The highest BCUT2D eigenvalue weighted by Gasteiger charge is 2.06. The highest BCUT2D eigenvalue weighted by atomic mass is 15.3. The molecule has 14 heavy (non-hydrogen) atoms. The van der Waals surface area contributed by atoms with Crippen LogP contribution in [-0.2, 0) is 6.54 Å². The van der Waals surface area contributed by atoms with E-state index in [1.165, 1.54) is 0 Å². The van der Waals surface area contributed by atoms with Gasteiger partial charge < -0.3 is 5.32 Å². The van der Waals surface area contributed by atoms with Gasteiger partial charge >= 0.3 is 0 Å². The fourth-order valence-electron chi connectivity index (χ4n) is 1.30. The molecule has 1 rings (SSSR count). The summed E-state index contributed by atoms with van der Waals surface area (Å²) < 4.78 is 1.95. The van der Waals surface area contributed by atoms with Crippen LogP contribution in [0.2, 0.25) is 0 Å². The quantitative estimate of drug-likeness (QED) is 0.778. The SMILES string of the molecule is CC(C)CNCc1ncnn1C(C)C. The molecule has 0 aliphatic carbocycles. The summed E-state index contributed by atoms with van der Waals surface area (Å²) in [6.07, 6.45) is 1.62. The Morgan fingerprint density at radius 1 is 1.36 bits per heavy atom. The van der Waals surface area contributed by atoms with E-state index in [4.69, 9.17) is 0 Å². The van der Waals surface area contributed by atoms with Crippen LogP contribution in [0.15, 0.2) is 6.33 Å². The zero-order chi connectivity index (χ0) is 10.6. The Morgan fingerprint density at radius 2 is 2.07 bits per heavy atom. The molecule has 4 heteroatoms. The lowest BCUT2D eigenvalue weighted by atomic mass is 10.2. The van der Waals surface area contributed by atoms with Crippen molar-refractivity contribution in [2.45, 2.75) is 40.3 Å². The van der Waals surface area contributed by atoms with Crippen molar-refractivity contribution < 1.29 is 0 Å². The molecule has 0 aliphatic heterocycles. The first kappa shape index (κ1) is 11.2. The molecule has 80 valence electrons. The van der Waals surface area contributed by atoms with Crippen LogP contribution in [0.25, 0.3) is 0 Å². The molecule has 0 atom stereocenters. The van der Waals surface area contributed by atoms with Gasteiger partial charge in [-0.15, -0.1) is 0 Å². The maximum atomic E-state index is 4.22. The van der Waals surface area contributed by atoms with Crippen LogP contribution in [0.3, 0.4) is 0 Å². The van der Waals surface area contributed by atoms with Crippen LogP contribution in [-0.4, -0.2) is 21.3 Å². The molecule has 4 nitrogen and oxygen atoms in total. The van der Waals surface area contributed by atoms with E-state index in [0.717, 1.165) is 18.9 Å². The lowest BCUT2D eigenvalue weighted by molar-refractivity contribution is 0.476. The van der Waals surface area contributed by atoms with Crippen LogP contribution < -0.4 is 5.32 Å². The Kier molecular flexibility index (Phi) is 4.07. The molecule has 0 aromatic carbocycles. The third kappa shape index (κ3) is 3.10. The fraction of sp³-hybridized carbons (Fsp3) is 0.800. The van der Waals surface area contributed by atoms with Crippen molar-refractivity contribution in [3.8, 4) is 0 Å². The smallest absolute Gasteiger partial charge is 0.141 e. The Hall–Kier alpha value is -0.900. The van der Waals surface area contributed by atoms with Gasteiger partial charge in [-0.25, -0.2) is 9.67 Å². The molecule has 0 aliphatic rings. The Labute approximate surface area is 85.7 Å². The van der Waals surface area contributed by atoms with Gasteiger partial charge in [-0.05, 0) is 26.3 Å². The topological polar surface area (TPSA) is 42.7 Å². The summed E-state index contributed by atoms with van der Waals surface area (Å²) in [7, 11) is 0. The molecule has 0 amide bonds. The van der Waals surface area contributed by atoms with Crippen LogP contribution in [0, 0.1) is 5.92 Å². The van der Waals surface area contributed by atoms with Crippen LogP contribution >= 0.6 is 0 Å². The highest BCUT2D eigenvalue weighted by molar-refractivity contribution is 4.85. The maximum Gasteiger partial charge on any atom is 0.141 e. The van der Waals surface area contributed by atoms with Crippen LogP contribution in [0.5, 0.6) is 0 Å². The molecule has 0 spiro atoms. The molecule has 1 N–H and O–H groups in total. The van der Waals surface area contributed by atoms with Crippen molar-refractivity contribution in [1.82, 2.24) is 20.1 Å². The molecule has 0 saturated heterocycles. The number of aromatic nitrogens is 3. The predicted octanol–water partition coefficient (Wildman–Crippen LogP) is 1.60. The third-order valence-electron chi connectivity index (χ3n) is 1.97. The van der Waals surface area contributed by atoms with E-state index in [0.29, 0.717) is 12.0 Å². The molecule has 0 saturated carbocycles. The molecule has 1 heterocycles. The van der Waals surface area contributed by atoms with Crippen molar-refractivity contribution in [3.05, 3.63) is 12.2 Å². The summed E-state index contributed by atoms with van der Waals surface area (Å²) >= 11 is 0. The van der Waals surface area contributed by atoms with E-state index in [1.807, 2.05) is 4.68 Å². The predicted molar refractivity (Wildman–Crippen MR) is 57.0 cm³/mol. The Bertz CT molecular complexity index is 265. The van der Waals surface area contributed by atoms with Crippen molar-refractivity contribution >= 4 is 0 Å². The van der Waals surface area contributed by atoms with Gasteiger partial charge in [-0.3, -0.25) is 0 Å². The van der Waals surface area contributed by atoms with E-state index in [1.54, 1.807) is 6.33 Å². The minimum absolute atomic E-state index is 0.383. The van der Waals surface area contributed by atoms with Gasteiger partial charge in [-0.2, -0.15) is 5.10 Å². The summed E-state index contributed by atoms with van der Waals surface area (Å²) in [4.78, 5) is 4.22. The third-order valence-corrected chi connectivity index (χ3v) is 1.97. The molecular formula is C10H20N4. The van der Waals surface area contributed by atoms with E-state index in [2.05, 4.69) is 43.1 Å². The maximum absolute atomic E-state index is 4.22. The summed E-state index contributed by atoms with van der Waals surface area (Å²) in [5.74, 6) is 1.69. The van der Waals surface area contributed by atoms with Gasteiger partial charge in [0.05, 0.1) is 6.54 Å². The molecule has 0 bridgehead atoms. The van der Waals surface area contributed by atoms with Crippen LogP contribution in [0.4, 0.5) is 0 Å². The van der Waals surface area contributed by atoms with Crippen molar-refractivity contribution in [3.63, 3.8) is 0 Å². The highest BCUT2D eigenvalue weighted by Crippen LogP contribution is 2.04. The minimum Gasteiger partial charge on any atom is -0.310 e. The molecule has 1 aromatic heterocycles. The number of hydrogen-bond donors (Lipinski definition) is 1. The molecule has 0 fully saturated rings. The van der Waals surface area contributed by atoms with Crippen molar-refractivity contribution in [2.75, 3.05) is 6.54 Å². The second-order valence-corrected chi connectivity index (χ2v) is 4.24. The van der Waals surface area contributed by atoms with Crippen LogP contribution in [0.1, 0.15) is 39.6 Å². The van der Waals surface area contributed by atoms with E-state index in [9.17, 15) is 0 Å². The normalized spacial score (nSPS) is 11.6. The average molecular weight is 196 g/mol. The summed E-state index contributed by atoms with van der Waals surface area (Å²) in [5.41, 5.74) is 0. The van der Waals surface area contributed by atoms with Gasteiger partial charge in [0.1, 0.15) is 12.2 Å². The van der Waals surface area contributed by atoms with Gasteiger partial charge in [-0.1, -0.05) is 13.8 Å². The average Bonchev–Trinajstić information content (AvgIpc) is 2.51.